The predicted molar refractivity (Wildman–Crippen MR) is 128 cm³/mol. The summed E-state index contributed by atoms with van der Waals surface area (Å²) < 4.78 is 13.1. The lowest BCUT2D eigenvalue weighted by Crippen LogP contribution is -2.00. The molecule has 0 bridgehead atoms. The zero-order valence-electron chi connectivity index (χ0n) is 17.6. The van der Waals surface area contributed by atoms with Crippen molar-refractivity contribution in [1.82, 2.24) is 25.0 Å². The molecule has 33 heavy (non-hydrogen) atoms. The third-order valence-electron chi connectivity index (χ3n) is 4.87. The maximum absolute atomic E-state index is 6.41. The lowest BCUT2D eigenvalue weighted by molar-refractivity contribution is 0.415. The Bertz CT molecular complexity index is 1370. The third-order valence-corrected chi connectivity index (χ3v) is 6.08. The van der Waals surface area contributed by atoms with Crippen LogP contribution in [0.2, 0.25) is 5.02 Å². The fourth-order valence-electron chi connectivity index (χ4n) is 3.30. The van der Waals surface area contributed by atoms with Crippen LogP contribution in [0.1, 0.15) is 5.89 Å². The van der Waals surface area contributed by atoms with E-state index in [1.54, 1.807) is 7.11 Å². The van der Waals surface area contributed by atoms with Crippen LogP contribution in [0.15, 0.2) is 88.4 Å². The first-order valence-corrected chi connectivity index (χ1v) is 11.4. The molecule has 2 aromatic heterocycles. The number of rotatable bonds is 7. The van der Waals surface area contributed by atoms with E-state index in [0.717, 1.165) is 16.8 Å². The first-order valence-electron chi connectivity index (χ1n) is 10.1. The Morgan fingerprint density at radius 2 is 1.61 bits per heavy atom. The van der Waals surface area contributed by atoms with Crippen molar-refractivity contribution in [3.05, 3.63) is 89.8 Å². The van der Waals surface area contributed by atoms with Crippen LogP contribution in [0.3, 0.4) is 0 Å². The van der Waals surface area contributed by atoms with Crippen LogP contribution in [0.5, 0.6) is 5.75 Å². The Morgan fingerprint density at radius 1 is 0.879 bits per heavy atom. The average Bonchev–Trinajstić information content (AvgIpc) is 3.51. The molecular formula is C24H18ClN5O2S. The summed E-state index contributed by atoms with van der Waals surface area (Å²) in [6.45, 7) is 0. The smallest absolute Gasteiger partial charge is 0.247 e. The quantitative estimate of drug-likeness (QED) is 0.269. The Kier molecular flexibility index (Phi) is 6.10. The van der Waals surface area contributed by atoms with Crippen LogP contribution in [0.25, 0.3) is 28.5 Å². The highest BCUT2D eigenvalue weighted by molar-refractivity contribution is 7.98. The predicted octanol–water partition coefficient (Wildman–Crippen LogP) is 5.94. The second-order valence-corrected chi connectivity index (χ2v) is 8.33. The van der Waals surface area contributed by atoms with E-state index in [-0.39, 0.29) is 0 Å². The van der Waals surface area contributed by atoms with Gasteiger partial charge in [0.05, 0.1) is 23.6 Å². The van der Waals surface area contributed by atoms with Crippen LogP contribution in [-0.4, -0.2) is 32.1 Å². The molecule has 3 aromatic carbocycles. The van der Waals surface area contributed by atoms with Gasteiger partial charge in [-0.25, -0.2) is 0 Å². The fourth-order valence-corrected chi connectivity index (χ4v) is 4.34. The molecular weight excluding hydrogens is 458 g/mol. The maximum Gasteiger partial charge on any atom is 0.247 e. The first-order chi connectivity index (χ1) is 16.2. The summed E-state index contributed by atoms with van der Waals surface area (Å²) in [6, 6.07) is 25.1. The van der Waals surface area contributed by atoms with Crippen molar-refractivity contribution >= 4 is 23.4 Å². The summed E-state index contributed by atoms with van der Waals surface area (Å²) in [5.74, 6) is 2.73. The Morgan fingerprint density at radius 3 is 2.30 bits per heavy atom. The molecule has 0 saturated heterocycles. The zero-order valence-corrected chi connectivity index (χ0v) is 19.1. The molecule has 0 atom stereocenters. The summed E-state index contributed by atoms with van der Waals surface area (Å²) >= 11 is 7.87. The number of methoxy groups -OCH3 is 1. The van der Waals surface area contributed by atoms with Crippen molar-refractivity contribution in [2.45, 2.75) is 10.9 Å². The SMILES string of the molecule is COc1ccc(-n2c(SCc3nnc(-c4ccccc4)o3)nnc2-c2ccccc2)cc1Cl. The summed E-state index contributed by atoms with van der Waals surface area (Å²) in [7, 11) is 1.59. The van der Waals surface area contributed by atoms with Gasteiger partial charge in [-0.3, -0.25) is 4.57 Å². The molecule has 0 N–H and O–H groups in total. The van der Waals surface area contributed by atoms with Gasteiger partial charge in [0.15, 0.2) is 11.0 Å². The molecule has 0 amide bonds. The minimum atomic E-state index is 0.441. The topological polar surface area (TPSA) is 78.9 Å². The standard InChI is InChI=1S/C24H18ClN5O2S/c1-31-20-13-12-18(14-19(20)25)30-22(16-8-4-2-5-9-16)27-29-24(30)33-15-21-26-28-23(32-21)17-10-6-3-7-11-17/h2-14H,15H2,1H3. The number of aromatic nitrogens is 5. The van der Waals surface area contributed by atoms with Crippen LogP contribution < -0.4 is 4.74 Å². The average molecular weight is 476 g/mol. The van der Waals surface area contributed by atoms with E-state index < -0.39 is 0 Å². The maximum atomic E-state index is 6.41. The van der Waals surface area contributed by atoms with Crippen molar-refractivity contribution < 1.29 is 9.15 Å². The van der Waals surface area contributed by atoms with Crippen LogP contribution in [-0.2, 0) is 5.75 Å². The van der Waals surface area contributed by atoms with Crippen molar-refractivity contribution in [2.24, 2.45) is 0 Å². The zero-order chi connectivity index (χ0) is 22.6. The van der Waals surface area contributed by atoms with E-state index in [0.29, 0.717) is 39.3 Å². The van der Waals surface area contributed by atoms with E-state index in [4.69, 9.17) is 20.8 Å². The van der Waals surface area contributed by atoms with E-state index in [1.165, 1.54) is 11.8 Å². The monoisotopic (exact) mass is 475 g/mol. The van der Waals surface area contributed by atoms with E-state index in [2.05, 4.69) is 20.4 Å². The van der Waals surface area contributed by atoms with Crippen molar-refractivity contribution in [3.8, 4) is 34.3 Å². The van der Waals surface area contributed by atoms with Crippen molar-refractivity contribution in [1.29, 1.82) is 0 Å². The Labute approximate surface area is 199 Å². The summed E-state index contributed by atoms with van der Waals surface area (Å²) in [6.07, 6.45) is 0. The molecule has 164 valence electrons. The summed E-state index contributed by atoms with van der Waals surface area (Å²) in [5, 5.41) is 18.4. The van der Waals surface area contributed by atoms with Gasteiger partial charge in [-0.15, -0.1) is 20.4 Å². The highest BCUT2D eigenvalue weighted by Gasteiger charge is 2.18. The minimum Gasteiger partial charge on any atom is -0.495 e. The van der Waals surface area contributed by atoms with E-state index >= 15 is 0 Å². The molecule has 9 heteroatoms. The highest BCUT2D eigenvalue weighted by atomic mass is 35.5. The summed E-state index contributed by atoms with van der Waals surface area (Å²) in [5.41, 5.74) is 2.64. The van der Waals surface area contributed by atoms with Gasteiger partial charge in [0.25, 0.3) is 0 Å². The molecule has 5 aromatic rings. The van der Waals surface area contributed by atoms with E-state index in [9.17, 15) is 0 Å². The van der Waals surface area contributed by atoms with Crippen LogP contribution in [0.4, 0.5) is 0 Å². The number of thioether (sulfide) groups is 1. The largest absolute Gasteiger partial charge is 0.495 e. The van der Waals surface area contributed by atoms with Gasteiger partial charge in [0.2, 0.25) is 11.8 Å². The number of hydrogen-bond acceptors (Lipinski definition) is 7. The molecule has 7 nitrogen and oxygen atoms in total. The lowest BCUT2D eigenvalue weighted by atomic mass is 10.2. The van der Waals surface area contributed by atoms with Crippen molar-refractivity contribution in [2.75, 3.05) is 7.11 Å². The molecule has 0 fully saturated rings. The first kappa shape index (κ1) is 21.2. The van der Waals surface area contributed by atoms with Gasteiger partial charge in [0.1, 0.15) is 5.75 Å². The van der Waals surface area contributed by atoms with Crippen molar-refractivity contribution in [3.63, 3.8) is 0 Å². The lowest BCUT2D eigenvalue weighted by Gasteiger charge is -2.12. The second kappa shape index (κ2) is 9.48. The second-order valence-electron chi connectivity index (χ2n) is 6.98. The molecule has 0 aliphatic carbocycles. The molecule has 2 heterocycles. The van der Waals surface area contributed by atoms with Gasteiger partial charge in [0, 0.05) is 11.1 Å². The van der Waals surface area contributed by atoms with Gasteiger partial charge < -0.3 is 9.15 Å². The fraction of sp³-hybridized carbons (Fsp3) is 0.0833. The highest BCUT2D eigenvalue weighted by Crippen LogP contribution is 2.33. The molecule has 0 aliphatic rings. The number of nitrogens with zero attached hydrogens (tertiary/aromatic N) is 5. The number of halogens is 1. The Balaban J connectivity index is 1.47. The molecule has 5 rings (SSSR count). The van der Waals surface area contributed by atoms with Crippen LogP contribution >= 0.6 is 23.4 Å². The number of hydrogen-bond donors (Lipinski definition) is 0. The molecule has 0 aliphatic heterocycles. The van der Waals surface area contributed by atoms with Gasteiger partial charge in [-0.05, 0) is 30.3 Å². The van der Waals surface area contributed by atoms with E-state index in [1.807, 2.05) is 83.4 Å². The number of benzene rings is 3. The minimum absolute atomic E-state index is 0.441. The van der Waals surface area contributed by atoms with Gasteiger partial charge >= 0.3 is 0 Å². The molecule has 0 spiro atoms. The van der Waals surface area contributed by atoms with Gasteiger partial charge in [-0.2, -0.15) is 0 Å². The number of ether oxygens (including phenoxy) is 1. The molecule has 0 saturated carbocycles. The molecule has 0 unspecified atom stereocenters. The summed E-state index contributed by atoms with van der Waals surface area (Å²) in [4.78, 5) is 0. The van der Waals surface area contributed by atoms with Gasteiger partial charge in [-0.1, -0.05) is 71.9 Å². The third kappa shape index (κ3) is 4.48. The Hall–Kier alpha value is -3.62. The molecule has 0 radical (unpaired) electrons. The van der Waals surface area contributed by atoms with Crippen LogP contribution in [0, 0.1) is 0 Å². The normalized spacial score (nSPS) is 11.0.